The molecular weight excluding hydrogens is 196 g/mol. The largest absolute Gasteiger partial charge is 0.303 e. The summed E-state index contributed by atoms with van der Waals surface area (Å²) in [6.07, 6.45) is 6.46. The van der Waals surface area contributed by atoms with Gasteiger partial charge in [0.1, 0.15) is 6.29 Å². The van der Waals surface area contributed by atoms with Crippen LogP contribution in [0.15, 0.2) is 30.3 Å². The van der Waals surface area contributed by atoms with Crippen LogP contribution in [0.2, 0.25) is 0 Å². The van der Waals surface area contributed by atoms with E-state index in [2.05, 4.69) is 37.3 Å². The van der Waals surface area contributed by atoms with E-state index < -0.39 is 0 Å². The molecule has 1 heteroatoms. The lowest BCUT2D eigenvalue weighted by molar-refractivity contribution is -0.116. The predicted molar refractivity (Wildman–Crippen MR) is 65.0 cm³/mol. The molecule has 2 aliphatic carbocycles. The van der Waals surface area contributed by atoms with Crippen molar-refractivity contribution >= 4 is 11.9 Å². The van der Waals surface area contributed by atoms with E-state index >= 15 is 0 Å². The van der Waals surface area contributed by atoms with Crippen LogP contribution in [0.5, 0.6) is 0 Å². The fourth-order valence-corrected chi connectivity index (χ4v) is 3.12. The Morgan fingerprint density at radius 3 is 3.00 bits per heavy atom. The van der Waals surface area contributed by atoms with Gasteiger partial charge in [0, 0.05) is 5.41 Å². The lowest BCUT2D eigenvalue weighted by atomic mass is 9.72. The lowest BCUT2D eigenvalue weighted by Gasteiger charge is -2.30. The molecule has 1 aromatic rings. The molecule has 16 heavy (non-hydrogen) atoms. The van der Waals surface area contributed by atoms with Gasteiger partial charge in [-0.05, 0) is 41.9 Å². The van der Waals surface area contributed by atoms with Crippen molar-refractivity contribution in [2.45, 2.75) is 26.2 Å². The number of allylic oxidation sites excluding steroid dienone is 2. The summed E-state index contributed by atoms with van der Waals surface area (Å²) < 4.78 is 0. The van der Waals surface area contributed by atoms with Crippen LogP contribution in [0.4, 0.5) is 0 Å². The Morgan fingerprint density at radius 1 is 1.38 bits per heavy atom. The Balaban J connectivity index is 2.01. The maximum atomic E-state index is 11.1. The molecule has 0 saturated heterocycles. The van der Waals surface area contributed by atoms with Crippen molar-refractivity contribution in [3.05, 3.63) is 41.5 Å². The molecule has 2 aliphatic rings. The number of fused-ring (bicyclic) bond motifs is 3. The van der Waals surface area contributed by atoms with Crippen LogP contribution in [0.25, 0.3) is 5.57 Å². The first-order valence-corrected chi connectivity index (χ1v) is 5.96. The van der Waals surface area contributed by atoms with Gasteiger partial charge in [0.05, 0.1) is 0 Å². The SMILES string of the molecule is C[C@]1(C=O)CC=C2c3ccccc3CC2C1. The first-order valence-electron chi connectivity index (χ1n) is 5.96. The molecule has 3 rings (SSSR count). The van der Waals surface area contributed by atoms with Crippen LogP contribution in [0.1, 0.15) is 30.9 Å². The summed E-state index contributed by atoms with van der Waals surface area (Å²) in [4.78, 5) is 11.1. The monoisotopic (exact) mass is 212 g/mol. The third kappa shape index (κ3) is 1.35. The Morgan fingerprint density at radius 2 is 2.19 bits per heavy atom. The van der Waals surface area contributed by atoms with Gasteiger partial charge < -0.3 is 4.79 Å². The third-order valence-electron chi connectivity index (χ3n) is 4.02. The van der Waals surface area contributed by atoms with Crippen molar-refractivity contribution in [2.24, 2.45) is 11.3 Å². The zero-order chi connectivity index (χ0) is 11.2. The van der Waals surface area contributed by atoms with Gasteiger partial charge in [0.2, 0.25) is 0 Å². The van der Waals surface area contributed by atoms with Crippen molar-refractivity contribution in [2.75, 3.05) is 0 Å². The van der Waals surface area contributed by atoms with Gasteiger partial charge in [-0.25, -0.2) is 0 Å². The highest BCUT2D eigenvalue weighted by Gasteiger charge is 2.37. The molecule has 0 aliphatic heterocycles. The summed E-state index contributed by atoms with van der Waals surface area (Å²) in [7, 11) is 0. The van der Waals surface area contributed by atoms with Gasteiger partial charge in [-0.2, -0.15) is 0 Å². The van der Waals surface area contributed by atoms with Crippen LogP contribution in [0.3, 0.4) is 0 Å². The second-order valence-electron chi connectivity index (χ2n) is 5.40. The fourth-order valence-electron chi connectivity index (χ4n) is 3.12. The quantitative estimate of drug-likeness (QED) is 0.653. The summed E-state index contributed by atoms with van der Waals surface area (Å²) in [5.41, 5.74) is 4.22. The predicted octanol–water partition coefficient (Wildman–Crippen LogP) is 3.24. The molecule has 0 aromatic heterocycles. The highest BCUT2D eigenvalue weighted by molar-refractivity contribution is 5.77. The Bertz CT molecular complexity index is 472. The van der Waals surface area contributed by atoms with Crippen LogP contribution < -0.4 is 0 Å². The summed E-state index contributed by atoms with van der Waals surface area (Å²) in [5, 5.41) is 0. The molecule has 0 N–H and O–H groups in total. The van der Waals surface area contributed by atoms with Crippen LogP contribution in [-0.2, 0) is 11.2 Å². The number of aldehydes is 1. The number of carbonyl (C=O) groups is 1. The molecule has 0 saturated carbocycles. The van der Waals surface area contributed by atoms with Gasteiger partial charge in [0.25, 0.3) is 0 Å². The molecule has 1 nitrogen and oxygen atoms in total. The average Bonchev–Trinajstić information content (AvgIpc) is 2.66. The number of rotatable bonds is 1. The van der Waals surface area contributed by atoms with Crippen molar-refractivity contribution in [1.29, 1.82) is 0 Å². The summed E-state index contributed by atoms with van der Waals surface area (Å²) in [5.74, 6) is 0.571. The van der Waals surface area contributed by atoms with Crippen LogP contribution in [-0.4, -0.2) is 6.29 Å². The minimum Gasteiger partial charge on any atom is -0.303 e. The summed E-state index contributed by atoms with van der Waals surface area (Å²) in [6, 6.07) is 8.64. The number of benzene rings is 1. The van der Waals surface area contributed by atoms with Gasteiger partial charge in [0.15, 0.2) is 0 Å². The van der Waals surface area contributed by atoms with E-state index in [0.29, 0.717) is 5.92 Å². The van der Waals surface area contributed by atoms with E-state index in [9.17, 15) is 4.79 Å². The average molecular weight is 212 g/mol. The molecule has 0 fully saturated rings. The second-order valence-corrected chi connectivity index (χ2v) is 5.40. The van der Waals surface area contributed by atoms with Crippen molar-refractivity contribution < 1.29 is 4.79 Å². The second kappa shape index (κ2) is 3.31. The molecule has 0 radical (unpaired) electrons. The Kier molecular flexibility index (Phi) is 2.03. The van der Waals surface area contributed by atoms with Gasteiger partial charge in [-0.3, -0.25) is 0 Å². The normalized spacial score (nSPS) is 31.6. The van der Waals surface area contributed by atoms with Crippen molar-refractivity contribution in [3.63, 3.8) is 0 Å². The smallest absolute Gasteiger partial charge is 0.126 e. The van der Waals surface area contributed by atoms with E-state index in [-0.39, 0.29) is 5.41 Å². The summed E-state index contributed by atoms with van der Waals surface area (Å²) in [6.45, 7) is 2.08. The first kappa shape index (κ1) is 9.83. The first-order chi connectivity index (χ1) is 7.72. The van der Waals surface area contributed by atoms with E-state index in [1.165, 1.54) is 16.7 Å². The highest BCUT2D eigenvalue weighted by atomic mass is 16.1. The van der Waals surface area contributed by atoms with E-state index in [1.807, 2.05) is 0 Å². The maximum Gasteiger partial charge on any atom is 0.126 e. The number of hydrogen-bond acceptors (Lipinski definition) is 1. The van der Waals surface area contributed by atoms with E-state index in [0.717, 1.165) is 25.5 Å². The summed E-state index contributed by atoms with van der Waals surface area (Å²) >= 11 is 0. The van der Waals surface area contributed by atoms with Crippen LogP contribution >= 0.6 is 0 Å². The van der Waals surface area contributed by atoms with Crippen LogP contribution in [0, 0.1) is 11.3 Å². The number of hydrogen-bond donors (Lipinski definition) is 0. The van der Waals surface area contributed by atoms with Crippen molar-refractivity contribution in [1.82, 2.24) is 0 Å². The standard InChI is InChI=1S/C15H16O/c1-15(10-16)7-6-14-12(9-15)8-11-4-2-3-5-13(11)14/h2-6,10,12H,7-9H2,1H3/t12?,15-/m0/s1. The Hall–Kier alpha value is -1.37. The molecule has 0 heterocycles. The highest BCUT2D eigenvalue weighted by Crippen LogP contribution is 2.47. The molecule has 1 unspecified atom stereocenters. The maximum absolute atomic E-state index is 11.1. The number of carbonyl (C=O) groups excluding carboxylic acids is 1. The molecule has 0 bridgehead atoms. The fraction of sp³-hybridized carbons (Fsp3) is 0.400. The topological polar surface area (TPSA) is 17.1 Å². The lowest BCUT2D eigenvalue weighted by Crippen LogP contribution is -2.25. The molecule has 0 spiro atoms. The molecule has 2 atom stereocenters. The van der Waals surface area contributed by atoms with Gasteiger partial charge in [-0.1, -0.05) is 37.3 Å². The minimum absolute atomic E-state index is 0.129. The molecular formula is C15H16O. The third-order valence-corrected chi connectivity index (χ3v) is 4.02. The van der Waals surface area contributed by atoms with E-state index in [4.69, 9.17) is 0 Å². The minimum atomic E-state index is -0.129. The molecule has 1 aromatic carbocycles. The molecule has 0 amide bonds. The van der Waals surface area contributed by atoms with Crippen molar-refractivity contribution in [3.8, 4) is 0 Å². The zero-order valence-corrected chi connectivity index (χ0v) is 9.57. The molecule has 82 valence electrons. The zero-order valence-electron chi connectivity index (χ0n) is 9.57. The Labute approximate surface area is 96.2 Å². The van der Waals surface area contributed by atoms with Gasteiger partial charge >= 0.3 is 0 Å². The van der Waals surface area contributed by atoms with Gasteiger partial charge in [-0.15, -0.1) is 0 Å². The van der Waals surface area contributed by atoms with E-state index in [1.54, 1.807) is 0 Å².